The zero-order chi connectivity index (χ0) is 25.7. The van der Waals surface area contributed by atoms with Crippen LogP contribution in [0, 0.1) is 0 Å². The van der Waals surface area contributed by atoms with Crippen molar-refractivity contribution in [2.24, 2.45) is 0 Å². The molecule has 1 fully saturated rings. The standard InChI is InChI=1S/C19H13ClF5N9O2/c20-10-5-9(7-27-15(10)34-28-3-4-29-34)30-17(35)31-11-8-26-12-6-13(36-16(21)22)32-33(12)14(11)18(1-2-18)19(23,24)25/h3-8,16H,1-2H2,(H2,30,31,35). The molecule has 2 amide bonds. The van der Waals surface area contributed by atoms with E-state index in [-0.39, 0.29) is 40.7 Å². The van der Waals surface area contributed by atoms with Gasteiger partial charge in [0.25, 0.3) is 0 Å². The Morgan fingerprint density at radius 2 is 1.83 bits per heavy atom. The molecule has 2 N–H and O–H groups in total. The van der Waals surface area contributed by atoms with E-state index in [2.05, 4.69) is 40.6 Å². The van der Waals surface area contributed by atoms with E-state index in [4.69, 9.17) is 11.6 Å². The van der Waals surface area contributed by atoms with Crippen LogP contribution in [0.15, 0.2) is 36.9 Å². The number of hydrogen-bond donors (Lipinski definition) is 2. The molecule has 0 atom stereocenters. The van der Waals surface area contributed by atoms with Gasteiger partial charge in [-0.15, -0.1) is 9.90 Å². The third kappa shape index (κ3) is 4.23. The van der Waals surface area contributed by atoms with Crippen molar-refractivity contribution in [3.63, 3.8) is 0 Å². The van der Waals surface area contributed by atoms with E-state index in [1.54, 1.807) is 0 Å². The highest BCUT2D eigenvalue weighted by atomic mass is 35.5. The molecule has 4 aromatic rings. The largest absolute Gasteiger partial charge is 0.415 e. The number of carbonyl (C=O) groups excluding carboxylic acids is 1. The smallest absolute Gasteiger partial charge is 0.400 e. The molecule has 0 spiro atoms. The molecular formula is C19H13ClF5N9O2. The monoisotopic (exact) mass is 529 g/mol. The lowest BCUT2D eigenvalue weighted by atomic mass is 10.00. The molecule has 188 valence electrons. The van der Waals surface area contributed by atoms with Crippen LogP contribution < -0.4 is 15.4 Å². The van der Waals surface area contributed by atoms with Crippen molar-refractivity contribution >= 4 is 34.7 Å². The highest BCUT2D eigenvalue weighted by Gasteiger charge is 2.66. The summed E-state index contributed by atoms with van der Waals surface area (Å²) in [6.07, 6.45) is -0.241. The molecule has 36 heavy (non-hydrogen) atoms. The maximum Gasteiger partial charge on any atom is 0.400 e. The number of ether oxygens (including phenoxy) is 1. The maximum atomic E-state index is 14.0. The Hall–Kier alpha value is -4.08. The van der Waals surface area contributed by atoms with Gasteiger partial charge in [0, 0.05) is 6.07 Å². The van der Waals surface area contributed by atoms with Gasteiger partial charge in [-0.3, -0.25) is 0 Å². The predicted octanol–water partition coefficient (Wildman–Crippen LogP) is 4.20. The fraction of sp³-hybridized carbons (Fsp3) is 0.263. The Balaban J connectivity index is 1.46. The number of amides is 2. The number of nitrogens with zero attached hydrogens (tertiary/aromatic N) is 7. The van der Waals surface area contributed by atoms with E-state index in [0.29, 0.717) is 0 Å². The fourth-order valence-corrected chi connectivity index (χ4v) is 3.89. The third-order valence-corrected chi connectivity index (χ3v) is 5.63. The van der Waals surface area contributed by atoms with Gasteiger partial charge in [0.15, 0.2) is 11.5 Å². The van der Waals surface area contributed by atoms with Crippen molar-refractivity contribution in [2.75, 3.05) is 10.6 Å². The van der Waals surface area contributed by atoms with Gasteiger partial charge in [-0.05, 0) is 18.9 Å². The zero-order valence-electron chi connectivity index (χ0n) is 17.7. The lowest BCUT2D eigenvalue weighted by Gasteiger charge is -2.23. The first-order chi connectivity index (χ1) is 17.1. The van der Waals surface area contributed by atoms with Crippen LogP contribution in [0.4, 0.5) is 38.1 Å². The van der Waals surface area contributed by atoms with Crippen LogP contribution in [0.25, 0.3) is 11.5 Å². The van der Waals surface area contributed by atoms with Crippen LogP contribution in [0.3, 0.4) is 0 Å². The summed E-state index contributed by atoms with van der Waals surface area (Å²) in [6.45, 7) is -3.24. The molecule has 0 aromatic carbocycles. The van der Waals surface area contributed by atoms with E-state index in [1.807, 2.05) is 0 Å². The summed E-state index contributed by atoms with van der Waals surface area (Å²) in [6, 6.07) is 1.37. The summed E-state index contributed by atoms with van der Waals surface area (Å²) in [5, 5.41) is 16.3. The van der Waals surface area contributed by atoms with Crippen molar-refractivity contribution in [1.29, 1.82) is 0 Å². The Labute approximate surface area is 202 Å². The Bertz CT molecular complexity index is 1440. The molecule has 0 unspecified atom stereocenters. The minimum absolute atomic E-state index is 0.0879. The molecule has 0 saturated heterocycles. The SMILES string of the molecule is O=C(Nc1cnc(-n2nccn2)c(Cl)c1)Nc1cnc2cc(OC(F)F)nn2c1C1(C(F)(F)F)CC1. The van der Waals surface area contributed by atoms with Crippen molar-refractivity contribution in [3.05, 3.63) is 47.6 Å². The number of carbonyl (C=O) groups is 1. The van der Waals surface area contributed by atoms with Crippen molar-refractivity contribution in [3.8, 4) is 11.7 Å². The minimum Gasteiger partial charge on any atom is -0.415 e. The molecule has 5 rings (SSSR count). The first-order valence-corrected chi connectivity index (χ1v) is 10.5. The molecule has 1 aliphatic carbocycles. The first kappa shape index (κ1) is 23.7. The number of pyridine rings is 1. The van der Waals surface area contributed by atoms with Crippen molar-refractivity contribution < 1.29 is 31.5 Å². The number of fused-ring (bicyclic) bond motifs is 1. The number of anilines is 2. The molecule has 0 radical (unpaired) electrons. The highest BCUT2D eigenvalue weighted by molar-refractivity contribution is 6.32. The van der Waals surface area contributed by atoms with Crippen LogP contribution in [0.5, 0.6) is 5.88 Å². The fourth-order valence-electron chi connectivity index (χ4n) is 3.65. The maximum absolute atomic E-state index is 14.0. The first-order valence-electron chi connectivity index (χ1n) is 10.1. The normalized spacial score (nSPS) is 14.8. The summed E-state index contributed by atoms with van der Waals surface area (Å²) in [7, 11) is 0. The van der Waals surface area contributed by atoms with Crippen molar-refractivity contribution in [1.82, 2.24) is 34.6 Å². The number of urea groups is 1. The van der Waals surface area contributed by atoms with Gasteiger partial charge in [-0.2, -0.15) is 32.1 Å². The quantitative estimate of drug-likeness (QED) is 0.359. The summed E-state index contributed by atoms with van der Waals surface area (Å²) in [5.74, 6) is -0.434. The number of rotatable bonds is 6. The second-order valence-electron chi connectivity index (χ2n) is 7.66. The Kier molecular flexibility index (Phi) is 5.61. The molecule has 4 aromatic heterocycles. The lowest BCUT2D eigenvalue weighted by molar-refractivity contribution is -0.161. The van der Waals surface area contributed by atoms with Crippen molar-refractivity contribution in [2.45, 2.75) is 31.0 Å². The summed E-state index contributed by atoms with van der Waals surface area (Å²) >= 11 is 6.16. The van der Waals surface area contributed by atoms with E-state index in [1.165, 1.54) is 24.7 Å². The second-order valence-corrected chi connectivity index (χ2v) is 8.07. The second kappa shape index (κ2) is 8.54. The number of nitrogens with one attached hydrogen (secondary N) is 2. The predicted molar refractivity (Wildman–Crippen MR) is 113 cm³/mol. The zero-order valence-corrected chi connectivity index (χ0v) is 18.4. The Morgan fingerprint density at radius 3 is 2.44 bits per heavy atom. The van der Waals surface area contributed by atoms with Gasteiger partial charge in [0.2, 0.25) is 5.88 Å². The number of alkyl halides is 5. The van der Waals surface area contributed by atoms with Crippen LogP contribution in [0.2, 0.25) is 5.02 Å². The molecule has 17 heteroatoms. The average molecular weight is 530 g/mol. The topological polar surface area (TPSA) is 124 Å². The van der Waals surface area contributed by atoms with Gasteiger partial charge in [0.1, 0.15) is 5.41 Å². The lowest BCUT2D eigenvalue weighted by Crippen LogP contribution is -2.33. The van der Waals surface area contributed by atoms with Crippen LogP contribution in [-0.2, 0) is 5.41 Å². The number of hydrogen-bond acceptors (Lipinski definition) is 7. The van der Waals surface area contributed by atoms with Gasteiger partial charge < -0.3 is 15.4 Å². The number of halogens is 6. The van der Waals surface area contributed by atoms with Gasteiger partial charge in [-0.1, -0.05) is 11.6 Å². The summed E-state index contributed by atoms with van der Waals surface area (Å²) in [4.78, 5) is 21.8. The third-order valence-electron chi connectivity index (χ3n) is 5.35. The van der Waals surface area contributed by atoms with Crippen LogP contribution in [-0.4, -0.2) is 53.4 Å². The molecule has 1 saturated carbocycles. The molecule has 0 bridgehead atoms. The molecule has 0 aliphatic heterocycles. The molecule has 1 aliphatic rings. The van der Waals surface area contributed by atoms with Gasteiger partial charge >= 0.3 is 18.8 Å². The Morgan fingerprint density at radius 1 is 1.11 bits per heavy atom. The summed E-state index contributed by atoms with van der Waals surface area (Å²) in [5.41, 5.74) is -3.18. The van der Waals surface area contributed by atoms with E-state index in [9.17, 15) is 26.7 Å². The van der Waals surface area contributed by atoms with E-state index >= 15 is 0 Å². The van der Waals surface area contributed by atoms with Gasteiger partial charge in [0.05, 0.1) is 46.9 Å². The average Bonchev–Trinajstić information content (AvgIpc) is 3.23. The molecule has 11 nitrogen and oxygen atoms in total. The van der Waals surface area contributed by atoms with Crippen LogP contribution >= 0.6 is 11.6 Å². The number of aromatic nitrogens is 7. The minimum atomic E-state index is -4.71. The molecular weight excluding hydrogens is 517 g/mol. The van der Waals surface area contributed by atoms with E-state index < -0.39 is 35.8 Å². The van der Waals surface area contributed by atoms with E-state index in [0.717, 1.165) is 21.6 Å². The van der Waals surface area contributed by atoms with Gasteiger partial charge in [-0.25, -0.2) is 19.3 Å². The highest BCUT2D eigenvalue weighted by Crippen LogP contribution is 2.60. The summed E-state index contributed by atoms with van der Waals surface area (Å²) < 4.78 is 72.2. The molecule has 4 heterocycles. The van der Waals surface area contributed by atoms with Crippen LogP contribution in [0.1, 0.15) is 18.5 Å².